The predicted octanol–water partition coefficient (Wildman–Crippen LogP) is 2.47. The number of aromatic nitrogens is 1. The number of rotatable bonds is 3. The third kappa shape index (κ3) is 1.81. The number of nitrogens with zero attached hydrogens (tertiary/aromatic N) is 2. The maximum Gasteiger partial charge on any atom is 0.323 e. The van der Waals surface area contributed by atoms with Crippen LogP contribution in [0.25, 0.3) is 10.9 Å². The van der Waals surface area contributed by atoms with Crippen LogP contribution in [0.2, 0.25) is 0 Å². The van der Waals surface area contributed by atoms with Gasteiger partial charge in [0, 0.05) is 11.8 Å². The largest absolute Gasteiger partial charge is 0.496 e. The monoisotopic (exact) mass is 248 g/mol. The zero-order valence-corrected chi connectivity index (χ0v) is 10.3. The highest BCUT2D eigenvalue weighted by molar-refractivity contribution is 5.96. The highest BCUT2D eigenvalue weighted by Gasteiger charge is 2.23. The molecule has 0 bridgehead atoms. The van der Waals surface area contributed by atoms with E-state index in [2.05, 4.69) is 4.98 Å². The van der Waals surface area contributed by atoms with E-state index in [1.54, 1.807) is 19.1 Å². The molecule has 1 aromatic heterocycles. The summed E-state index contributed by atoms with van der Waals surface area (Å²) in [6.07, 6.45) is 0. The van der Waals surface area contributed by atoms with Crippen LogP contribution in [0.15, 0.2) is 18.2 Å². The van der Waals surface area contributed by atoms with Crippen LogP contribution in [0, 0.1) is 17.0 Å². The van der Waals surface area contributed by atoms with Crippen LogP contribution >= 0.6 is 0 Å². The van der Waals surface area contributed by atoms with Gasteiger partial charge < -0.3 is 9.47 Å². The quantitative estimate of drug-likeness (QED) is 0.616. The van der Waals surface area contributed by atoms with E-state index in [0.29, 0.717) is 16.7 Å². The van der Waals surface area contributed by atoms with Crippen molar-refractivity contribution in [2.45, 2.75) is 6.92 Å². The molecule has 6 heteroatoms. The third-order valence-corrected chi connectivity index (χ3v) is 2.62. The molecular weight excluding hydrogens is 236 g/mol. The molecule has 2 aromatic rings. The molecule has 1 aromatic carbocycles. The van der Waals surface area contributed by atoms with Crippen molar-refractivity contribution in [2.75, 3.05) is 14.2 Å². The van der Waals surface area contributed by atoms with Crippen LogP contribution in [0.1, 0.15) is 5.69 Å². The Labute approximate surface area is 103 Å². The number of benzene rings is 1. The van der Waals surface area contributed by atoms with Gasteiger partial charge in [-0.2, -0.15) is 0 Å². The molecule has 0 aliphatic heterocycles. The Kier molecular flexibility index (Phi) is 3.01. The molecule has 0 saturated heterocycles. The average molecular weight is 248 g/mol. The normalized spacial score (nSPS) is 10.4. The number of hydrogen-bond acceptors (Lipinski definition) is 5. The van der Waals surface area contributed by atoms with E-state index in [0.717, 1.165) is 5.69 Å². The molecule has 0 unspecified atom stereocenters. The third-order valence-electron chi connectivity index (χ3n) is 2.62. The molecule has 18 heavy (non-hydrogen) atoms. The number of aryl methyl sites for hydroxylation is 1. The first kappa shape index (κ1) is 12.1. The Balaban J connectivity index is 2.94. The first-order valence-electron chi connectivity index (χ1n) is 5.25. The lowest BCUT2D eigenvalue weighted by atomic mass is 10.1. The van der Waals surface area contributed by atoms with Crippen molar-refractivity contribution in [3.63, 3.8) is 0 Å². The summed E-state index contributed by atoms with van der Waals surface area (Å²) in [4.78, 5) is 15.0. The molecule has 0 aliphatic rings. The zero-order valence-electron chi connectivity index (χ0n) is 10.3. The van der Waals surface area contributed by atoms with Crippen molar-refractivity contribution in [3.8, 4) is 11.5 Å². The number of pyridine rings is 1. The molecule has 6 nitrogen and oxygen atoms in total. The van der Waals surface area contributed by atoms with Gasteiger partial charge in [-0.25, -0.2) is 0 Å². The minimum atomic E-state index is -0.485. The SMILES string of the molecule is COc1ccc2nc(C)cc(OC)c2c1[N+](=O)[O-]. The Hall–Kier alpha value is -2.37. The summed E-state index contributed by atoms with van der Waals surface area (Å²) >= 11 is 0. The Morgan fingerprint density at radius 1 is 1.22 bits per heavy atom. The van der Waals surface area contributed by atoms with Gasteiger partial charge in [0.25, 0.3) is 0 Å². The maximum atomic E-state index is 11.2. The minimum absolute atomic E-state index is 0.126. The Morgan fingerprint density at radius 2 is 1.89 bits per heavy atom. The van der Waals surface area contributed by atoms with Crippen LogP contribution < -0.4 is 9.47 Å². The van der Waals surface area contributed by atoms with Gasteiger partial charge in [0.2, 0.25) is 0 Å². The van der Waals surface area contributed by atoms with Crippen molar-refractivity contribution in [1.29, 1.82) is 0 Å². The van der Waals surface area contributed by atoms with E-state index in [4.69, 9.17) is 9.47 Å². The predicted molar refractivity (Wildman–Crippen MR) is 66.2 cm³/mol. The second-order valence-electron chi connectivity index (χ2n) is 3.73. The summed E-state index contributed by atoms with van der Waals surface area (Å²) in [7, 11) is 2.86. The lowest BCUT2D eigenvalue weighted by Crippen LogP contribution is -1.98. The van der Waals surface area contributed by atoms with Crippen LogP contribution in [0.3, 0.4) is 0 Å². The molecule has 0 saturated carbocycles. The summed E-state index contributed by atoms with van der Waals surface area (Å²) in [5, 5.41) is 11.5. The fourth-order valence-corrected chi connectivity index (χ4v) is 1.89. The number of nitro groups is 1. The van der Waals surface area contributed by atoms with Crippen molar-refractivity contribution in [2.24, 2.45) is 0 Å². The fourth-order valence-electron chi connectivity index (χ4n) is 1.89. The van der Waals surface area contributed by atoms with E-state index in [1.165, 1.54) is 20.3 Å². The summed E-state index contributed by atoms with van der Waals surface area (Å²) in [6.45, 7) is 1.80. The van der Waals surface area contributed by atoms with Crippen molar-refractivity contribution in [1.82, 2.24) is 4.98 Å². The molecule has 2 rings (SSSR count). The molecule has 0 radical (unpaired) electrons. The van der Waals surface area contributed by atoms with Crippen LogP contribution in [-0.2, 0) is 0 Å². The topological polar surface area (TPSA) is 74.5 Å². The Bertz CT molecular complexity index is 625. The second kappa shape index (κ2) is 4.48. The van der Waals surface area contributed by atoms with Gasteiger partial charge in [0.1, 0.15) is 11.1 Å². The van der Waals surface area contributed by atoms with Gasteiger partial charge in [-0.15, -0.1) is 0 Å². The number of nitro benzene ring substituents is 1. The van der Waals surface area contributed by atoms with Gasteiger partial charge in [0.05, 0.1) is 24.7 Å². The van der Waals surface area contributed by atoms with E-state index < -0.39 is 4.92 Å². The van der Waals surface area contributed by atoms with E-state index in [9.17, 15) is 10.1 Å². The van der Waals surface area contributed by atoms with Crippen molar-refractivity contribution < 1.29 is 14.4 Å². The second-order valence-corrected chi connectivity index (χ2v) is 3.73. The number of hydrogen-bond donors (Lipinski definition) is 0. The summed E-state index contributed by atoms with van der Waals surface area (Å²) in [6, 6.07) is 4.87. The molecule has 0 aliphatic carbocycles. The van der Waals surface area contributed by atoms with Gasteiger partial charge in [-0.05, 0) is 19.1 Å². The molecule has 0 spiro atoms. The van der Waals surface area contributed by atoms with Gasteiger partial charge in [-0.1, -0.05) is 0 Å². The molecular formula is C12H12N2O4. The van der Waals surface area contributed by atoms with Crippen LogP contribution in [0.4, 0.5) is 5.69 Å². The van der Waals surface area contributed by atoms with Gasteiger partial charge >= 0.3 is 5.69 Å². The van der Waals surface area contributed by atoms with E-state index in [-0.39, 0.29) is 11.4 Å². The highest BCUT2D eigenvalue weighted by Crippen LogP contribution is 2.39. The number of methoxy groups -OCH3 is 2. The number of fused-ring (bicyclic) bond motifs is 1. The van der Waals surface area contributed by atoms with Gasteiger partial charge in [0.15, 0.2) is 5.75 Å². The van der Waals surface area contributed by atoms with Crippen LogP contribution in [0.5, 0.6) is 11.5 Å². The summed E-state index contributed by atoms with van der Waals surface area (Å²) < 4.78 is 10.2. The highest BCUT2D eigenvalue weighted by atomic mass is 16.6. The number of ether oxygens (including phenoxy) is 2. The first-order valence-corrected chi connectivity index (χ1v) is 5.25. The standard InChI is InChI=1S/C12H12N2O4/c1-7-6-10(18-3)11-8(13-7)4-5-9(17-2)12(11)14(15)16/h4-6H,1-3H3. The molecule has 94 valence electrons. The molecule has 0 atom stereocenters. The summed E-state index contributed by atoms with van der Waals surface area (Å²) in [5.74, 6) is 0.611. The smallest absolute Gasteiger partial charge is 0.323 e. The molecule has 0 fully saturated rings. The molecule has 0 amide bonds. The zero-order chi connectivity index (χ0) is 13.3. The minimum Gasteiger partial charge on any atom is -0.496 e. The van der Waals surface area contributed by atoms with E-state index in [1.807, 2.05) is 0 Å². The van der Waals surface area contributed by atoms with E-state index >= 15 is 0 Å². The Morgan fingerprint density at radius 3 is 2.44 bits per heavy atom. The first-order chi connectivity index (χ1) is 8.58. The fraction of sp³-hybridized carbons (Fsp3) is 0.250. The van der Waals surface area contributed by atoms with Crippen molar-refractivity contribution >= 4 is 16.6 Å². The molecule has 0 N–H and O–H groups in total. The maximum absolute atomic E-state index is 11.2. The average Bonchev–Trinajstić information content (AvgIpc) is 2.35. The lowest BCUT2D eigenvalue weighted by molar-refractivity contribution is -0.384. The van der Waals surface area contributed by atoms with Gasteiger partial charge in [-0.3, -0.25) is 15.1 Å². The van der Waals surface area contributed by atoms with Crippen molar-refractivity contribution in [3.05, 3.63) is 34.0 Å². The molecule has 1 heterocycles. The lowest BCUT2D eigenvalue weighted by Gasteiger charge is -2.09. The summed E-state index contributed by atoms with van der Waals surface area (Å²) in [5.41, 5.74) is 1.12. The van der Waals surface area contributed by atoms with Crippen LogP contribution in [-0.4, -0.2) is 24.1 Å².